The van der Waals surface area contributed by atoms with Crippen LogP contribution < -0.4 is 4.74 Å². The Balaban J connectivity index is 2.01. The summed E-state index contributed by atoms with van der Waals surface area (Å²) in [4.78, 5) is 4.36. The second kappa shape index (κ2) is 5.00. The van der Waals surface area contributed by atoms with Crippen molar-refractivity contribution in [1.82, 2.24) is 19.3 Å². The lowest BCUT2D eigenvalue weighted by Gasteiger charge is -2.11. The molecule has 0 fully saturated rings. The summed E-state index contributed by atoms with van der Waals surface area (Å²) >= 11 is 0. The third-order valence-corrected chi connectivity index (χ3v) is 3.44. The van der Waals surface area contributed by atoms with Gasteiger partial charge < -0.3 is 9.30 Å². The van der Waals surface area contributed by atoms with E-state index < -0.39 is 0 Å². The maximum absolute atomic E-state index is 5.39. The van der Waals surface area contributed by atoms with Crippen molar-refractivity contribution in [2.45, 2.75) is 26.4 Å². The zero-order valence-corrected chi connectivity index (χ0v) is 11.9. The summed E-state index contributed by atoms with van der Waals surface area (Å²) in [5, 5.41) is 5.39. The zero-order valence-electron chi connectivity index (χ0n) is 11.9. The molecular formula is C15H18N4O. The predicted molar refractivity (Wildman–Crippen MR) is 78.0 cm³/mol. The molecule has 5 nitrogen and oxygen atoms in total. The summed E-state index contributed by atoms with van der Waals surface area (Å²) in [7, 11) is 1.70. The first-order chi connectivity index (χ1) is 9.70. The third-order valence-electron chi connectivity index (χ3n) is 3.44. The highest BCUT2D eigenvalue weighted by Gasteiger charge is 2.11. The number of ether oxygens (including phenoxy) is 1. The molecule has 0 bridgehead atoms. The summed E-state index contributed by atoms with van der Waals surface area (Å²) in [6, 6.07) is 8.45. The Morgan fingerprint density at radius 3 is 2.85 bits per heavy atom. The molecule has 3 rings (SSSR count). The molecular weight excluding hydrogens is 252 g/mol. The van der Waals surface area contributed by atoms with E-state index in [0.717, 1.165) is 22.5 Å². The fourth-order valence-corrected chi connectivity index (χ4v) is 2.48. The smallest absolute Gasteiger partial charge is 0.147 e. The summed E-state index contributed by atoms with van der Waals surface area (Å²) in [5.74, 6) is 1.85. The molecule has 0 aliphatic rings. The lowest BCUT2D eigenvalue weighted by atomic mass is 10.2. The van der Waals surface area contributed by atoms with E-state index in [-0.39, 0.29) is 0 Å². The molecule has 0 unspecified atom stereocenters. The SMILES string of the molecule is COc1cccc2c1ccn2Cc1ncnn1C(C)C. The van der Waals surface area contributed by atoms with Crippen LogP contribution in [-0.4, -0.2) is 26.4 Å². The largest absolute Gasteiger partial charge is 0.496 e. The van der Waals surface area contributed by atoms with Gasteiger partial charge in [-0.2, -0.15) is 5.10 Å². The van der Waals surface area contributed by atoms with Gasteiger partial charge in [0, 0.05) is 17.6 Å². The number of hydrogen-bond acceptors (Lipinski definition) is 3. The fourth-order valence-electron chi connectivity index (χ4n) is 2.48. The normalized spacial score (nSPS) is 11.4. The molecule has 20 heavy (non-hydrogen) atoms. The lowest BCUT2D eigenvalue weighted by Crippen LogP contribution is -2.11. The minimum atomic E-state index is 0.309. The van der Waals surface area contributed by atoms with Gasteiger partial charge in [0.25, 0.3) is 0 Å². The quantitative estimate of drug-likeness (QED) is 0.732. The number of benzene rings is 1. The average molecular weight is 270 g/mol. The Morgan fingerprint density at radius 1 is 1.25 bits per heavy atom. The van der Waals surface area contributed by atoms with E-state index in [0.29, 0.717) is 12.6 Å². The molecule has 1 aromatic carbocycles. The van der Waals surface area contributed by atoms with Crippen LogP contribution in [0.1, 0.15) is 25.7 Å². The van der Waals surface area contributed by atoms with Crippen LogP contribution >= 0.6 is 0 Å². The van der Waals surface area contributed by atoms with Crippen molar-refractivity contribution < 1.29 is 4.74 Å². The summed E-state index contributed by atoms with van der Waals surface area (Å²) < 4.78 is 9.51. The van der Waals surface area contributed by atoms with Crippen molar-refractivity contribution in [2.24, 2.45) is 0 Å². The third kappa shape index (κ3) is 2.05. The number of fused-ring (bicyclic) bond motifs is 1. The van der Waals surface area contributed by atoms with Crippen molar-refractivity contribution in [3.05, 3.63) is 42.6 Å². The standard InChI is InChI=1S/C15H18N4O/c1-11(2)19-15(16-10-17-19)9-18-8-7-12-13(18)5-4-6-14(12)20-3/h4-8,10-11H,9H2,1-3H3. The second-order valence-electron chi connectivity index (χ2n) is 5.05. The van der Waals surface area contributed by atoms with Crippen molar-refractivity contribution in [2.75, 3.05) is 7.11 Å². The number of rotatable bonds is 4. The summed E-state index contributed by atoms with van der Waals surface area (Å²) in [6.45, 7) is 4.92. The van der Waals surface area contributed by atoms with Crippen LogP contribution in [0.4, 0.5) is 0 Å². The first kappa shape index (κ1) is 12.7. The van der Waals surface area contributed by atoms with Gasteiger partial charge in [0.05, 0.1) is 19.2 Å². The van der Waals surface area contributed by atoms with Crippen molar-refractivity contribution >= 4 is 10.9 Å². The van der Waals surface area contributed by atoms with Gasteiger partial charge >= 0.3 is 0 Å². The highest BCUT2D eigenvalue weighted by atomic mass is 16.5. The van der Waals surface area contributed by atoms with Crippen molar-refractivity contribution in [1.29, 1.82) is 0 Å². The molecule has 5 heteroatoms. The number of hydrogen-bond donors (Lipinski definition) is 0. The highest BCUT2D eigenvalue weighted by Crippen LogP contribution is 2.26. The topological polar surface area (TPSA) is 44.9 Å². The Hall–Kier alpha value is -2.30. The number of methoxy groups -OCH3 is 1. The fraction of sp³-hybridized carbons (Fsp3) is 0.333. The van der Waals surface area contributed by atoms with Crippen molar-refractivity contribution in [3.63, 3.8) is 0 Å². The molecule has 2 heterocycles. The first-order valence-corrected chi connectivity index (χ1v) is 6.71. The maximum atomic E-state index is 5.39. The van der Waals surface area contributed by atoms with Gasteiger partial charge in [0.1, 0.15) is 17.9 Å². The van der Waals surface area contributed by atoms with Crippen molar-refractivity contribution in [3.8, 4) is 5.75 Å². The highest BCUT2D eigenvalue weighted by molar-refractivity contribution is 5.86. The van der Waals surface area contributed by atoms with E-state index in [4.69, 9.17) is 4.74 Å². The van der Waals surface area contributed by atoms with Crippen LogP contribution in [0.2, 0.25) is 0 Å². The average Bonchev–Trinajstić information content (AvgIpc) is 3.06. The van der Waals surface area contributed by atoms with Crippen LogP contribution in [0.15, 0.2) is 36.8 Å². The molecule has 0 N–H and O–H groups in total. The molecule has 0 aliphatic heterocycles. The van der Waals surface area contributed by atoms with Crippen LogP contribution in [0.3, 0.4) is 0 Å². The minimum absolute atomic E-state index is 0.309. The molecule has 104 valence electrons. The van der Waals surface area contributed by atoms with E-state index in [9.17, 15) is 0 Å². The van der Waals surface area contributed by atoms with Gasteiger partial charge in [-0.3, -0.25) is 0 Å². The lowest BCUT2D eigenvalue weighted by molar-refractivity contribution is 0.420. The molecule has 3 aromatic rings. The van der Waals surface area contributed by atoms with E-state index in [2.05, 4.69) is 46.8 Å². The Labute approximate surface area is 117 Å². The van der Waals surface area contributed by atoms with Crippen LogP contribution in [0.5, 0.6) is 5.75 Å². The molecule has 0 saturated heterocycles. The van der Waals surface area contributed by atoms with Crippen LogP contribution in [0, 0.1) is 0 Å². The van der Waals surface area contributed by atoms with Crippen LogP contribution in [0.25, 0.3) is 10.9 Å². The number of aromatic nitrogens is 4. The van der Waals surface area contributed by atoms with Gasteiger partial charge in [-0.15, -0.1) is 0 Å². The molecule has 0 aliphatic carbocycles. The molecule has 0 radical (unpaired) electrons. The molecule has 0 saturated carbocycles. The molecule has 0 atom stereocenters. The monoisotopic (exact) mass is 270 g/mol. The Kier molecular flexibility index (Phi) is 3.18. The van der Waals surface area contributed by atoms with Gasteiger partial charge in [0.2, 0.25) is 0 Å². The summed E-state index contributed by atoms with van der Waals surface area (Å²) in [5.41, 5.74) is 1.14. The first-order valence-electron chi connectivity index (χ1n) is 6.71. The van der Waals surface area contributed by atoms with E-state index >= 15 is 0 Å². The van der Waals surface area contributed by atoms with E-state index in [1.54, 1.807) is 13.4 Å². The van der Waals surface area contributed by atoms with Crippen LogP contribution in [-0.2, 0) is 6.54 Å². The van der Waals surface area contributed by atoms with E-state index in [1.165, 1.54) is 0 Å². The van der Waals surface area contributed by atoms with Gasteiger partial charge in [0.15, 0.2) is 0 Å². The van der Waals surface area contributed by atoms with Gasteiger partial charge in [-0.1, -0.05) is 6.07 Å². The Bertz CT molecular complexity index is 726. The number of nitrogens with zero attached hydrogens (tertiary/aromatic N) is 4. The summed E-state index contributed by atoms with van der Waals surface area (Å²) in [6.07, 6.45) is 3.67. The molecule has 0 spiro atoms. The van der Waals surface area contributed by atoms with Gasteiger partial charge in [-0.05, 0) is 32.0 Å². The predicted octanol–water partition coefficient (Wildman–Crippen LogP) is 2.87. The second-order valence-corrected chi connectivity index (χ2v) is 5.05. The molecule has 2 aromatic heterocycles. The Morgan fingerprint density at radius 2 is 2.10 bits per heavy atom. The maximum Gasteiger partial charge on any atom is 0.147 e. The zero-order chi connectivity index (χ0) is 14.1. The molecule has 0 amide bonds. The van der Waals surface area contributed by atoms with Gasteiger partial charge in [-0.25, -0.2) is 9.67 Å². The minimum Gasteiger partial charge on any atom is -0.496 e. The van der Waals surface area contributed by atoms with E-state index in [1.807, 2.05) is 16.8 Å².